The molecule has 104 valence electrons. The van der Waals surface area contributed by atoms with Gasteiger partial charge in [0.15, 0.2) is 0 Å². The van der Waals surface area contributed by atoms with E-state index in [1.54, 1.807) is 31.4 Å². The molecule has 0 bridgehead atoms. The van der Waals surface area contributed by atoms with Crippen LogP contribution in [0, 0.1) is 5.82 Å². The first-order valence-corrected chi connectivity index (χ1v) is 6.41. The number of hydrogen-bond donors (Lipinski definition) is 1. The van der Waals surface area contributed by atoms with Crippen molar-refractivity contribution in [3.63, 3.8) is 0 Å². The second-order valence-corrected chi connectivity index (χ2v) is 4.62. The molecule has 2 rings (SSSR count). The fraction of sp³-hybridized carbons (Fsp3) is 0.176. The van der Waals surface area contributed by atoms with E-state index in [1.165, 1.54) is 12.1 Å². The summed E-state index contributed by atoms with van der Waals surface area (Å²) >= 11 is 0. The van der Waals surface area contributed by atoms with Crippen molar-refractivity contribution in [3.8, 4) is 11.5 Å². The van der Waals surface area contributed by atoms with E-state index in [2.05, 4.69) is 0 Å². The molecule has 2 aromatic rings. The Morgan fingerprint density at radius 2 is 1.85 bits per heavy atom. The smallest absolute Gasteiger partial charge is 0.123 e. The number of aromatic hydroxyl groups is 1. The lowest BCUT2D eigenvalue weighted by Gasteiger charge is -2.11. The van der Waals surface area contributed by atoms with Crippen LogP contribution < -0.4 is 4.74 Å². The SMILES string of the molecule is COc1ccc(O)c(C(C)C=Cc2ccc(F)cc2)c1. The molecule has 0 amide bonds. The highest BCUT2D eigenvalue weighted by atomic mass is 19.1. The lowest BCUT2D eigenvalue weighted by Crippen LogP contribution is -1.92. The van der Waals surface area contributed by atoms with Gasteiger partial charge >= 0.3 is 0 Å². The zero-order valence-corrected chi connectivity index (χ0v) is 11.5. The number of hydrogen-bond acceptors (Lipinski definition) is 2. The van der Waals surface area contributed by atoms with Gasteiger partial charge in [0.25, 0.3) is 0 Å². The van der Waals surface area contributed by atoms with Crippen LogP contribution in [0.3, 0.4) is 0 Å². The van der Waals surface area contributed by atoms with Gasteiger partial charge in [-0.1, -0.05) is 31.2 Å². The zero-order chi connectivity index (χ0) is 14.5. The predicted octanol–water partition coefficient (Wildman–Crippen LogP) is 4.36. The van der Waals surface area contributed by atoms with Gasteiger partial charge in [-0.25, -0.2) is 4.39 Å². The third-order valence-corrected chi connectivity index (χ3v) is 3.17. The summed E-state index contributed by atoms with van der Waals surface area (Å²) in [5, 5.41) is 9.90. The summed E-state index contributed by atoms with van der Waals surface area (Å²) in [6, 6.07) is 11.4. The summed E-state index contributed by atoms with van der Waals surface area (Å²) in [6.45, 7) is 1.98. The molecule has 0 heterocycles. The normalized spacial score (nSPS) is 12.6. The van der Waals surface area contributed by atoms with Crippen LogP contribution in [0.25, 0.3) is 6.08 Å². The summed E-state index contributed by atoms with van der Waals surface area (Å²) in [4.78, 5) is 0. The number of halogens is 1. The fourth-order valence-corrected chi connectivity index (χ4v) is 1.96. The van der Waals surface area contributed by atoms with Gasteiger partial charge in [-0.15, -0.1) is 0 Å². The van der Waals surface area contributed by atoms with Crippen molar-refractivity contribution in [2.45, 2.75) is 12.8 Å². The summed E-state index contributed by atoms with van der Waals surface area (Å²) in [6.07, 6.45) is 3.87. The Morgan fingerprint density at radius 3 is 2.50 bits per heavy atom. The zero-order valence-electron chi connectivity index (χ0n) is 11.5. The lowest BCUT2D eigenvalue weighted by atomic mass is 9.98. The second kappa shape index (κ2) is 6.24. The molecule has 1 atom stereocenters. The van der Waals surface area contributed by atoms with E-state index in [1.807, 2.05) is 25.1 Å². The molecule has 1 unspecified atom stereocenters. The second-order valence-electron chi connectivity index (χ2n) is 4.62. The number of methoxy groups -OCH3 is 1. The van der Waals surface area contributed by atoms with Crippen LogP contribution in [-0.4, -0.2) is 12.2 Å². The Balaban J connectivity index is 2.19. The van der Waals surface area contributed by atoms with Gasteiger partial charge in [0.2, 0.25) is 0 Å². The molecule has 0 aliphatic heterocycles. The molecule has 2 nitrogen and oxygen atoms in total. The molecule has 0 saturated heterocycles. The van der Waals surface area contributed by atoms with Crippen LogP contribution in [0.1, 0.15) is 24.0 Å². The van der Waals surface area contributed by atoms with E-state index in [0.717, 1.165) is 11.1 Å². The molecule has 0 fully saturated rings. The van der Waals surface area contributed by atoms with E-state index in [9.17, 15) is 9.50 Å². The molecule has 0 spiro atoms. The third kappa shape index (κ3) is 3.38. The number of allylic oxidation sites excluding steroid dienone is 1. The highest BCUT2D eigenvalue weighted by molar-refractivity contribution is 5.52. The number of phenolic OH excluding ortho intramolecular Hbond substituents is 1. The van der Waals surface area contributed by atoms with Gasteiger partial charge in [0.1, 0.15) is 17.3 Å². The average Bonchev–Trinajstić information content (AvgIpc) is 2.47. The number of rotatable bonds is 4. The van der Waals surface area contributed by atoms with Crippen molar-refractivity contribution in [3.05, 3.63) is 65.5 Å². The Kier molecular flexibility index (Phi) is 4.41. The molecule has 0 aliphatic carbocycles. The Morgan fingerprint density at radius 1 is 1.15 bits per heavy atom. The molecule has 0 saturated carbocycles. The van der Waals surface area contributed by atoms with E-state index in [4.69, 9.17) is 4.74 Å². The van der Waals surface area contributed by atoms with Gasteiger partial charge in [-0.3, -0.25) is 0 Å². The first-order chi connectivity index (χ1) is 9.60. The molecule has 2 aromatic carbocycles. The van der Waals surface area contributed by atoms with Gasteiger partial charge in [0, 0.05) is 11.5 Å². The van der Waals surface area contributed by atoms with E-state index < -0.39 is 0 Å². The fourth-order valence-electron chi connectivity index (χ4n) is 1.96. The molecular weight excluding hydrogens is 255 g/mol. The van der Waals surface area contributed by atoms with Crippen LogP contribution in [0.5, 0.6) is 11.5 Å². The van der Waals surface area contributed by atoms with Crippen molar-refractivity contribution in [1.82, 2.24) is 0 Å². The maximum atomic E-state index is 12.8. The molecular formula is C17H17FO2. The number of phenols is 1. The molecule has 0 aliphatic rings. The van der Waals surface area contributed by atoms with Crippen LogP contribution in [0.4, 0.5) is 4.39 Å². The Hall–Kier alpha value is -2.29. The molecule has 1 N–H and O–H groups in total. The van der Waals surface area contributed by atoms with Gasteiger partial charge in [-0.2, -0.15) is 0 Å². The van der Waals surface area contributed by atoms with Gasteiger partial charge in [-0.05, 0) is 35.9 Å². The maximum absolute atomic E-state index is 12.8. The molecule has 0 aromatic heterocycles. The minimum absolute atomic E-state index is 0.0233. The highest BCUT2D eigenvalue weighted by Gasteiger charge is 2.08. The maximum Gasteiger partial charge on any atom is 0.123 e. The van der Waals surface area contributed by atoms with E-state index in [-0.39, 0.29) is 17.5 Å². The quantitative estimate of drug-likeness (QED) is 0.896. The van der Waals surface area contributed by atoms with Crippen molar-refractivity contribution in [2.24, 2.45) is 0 Å². The minimum Gasteiger partial charge on any atom is -0.508 e. The summed E-state index contributed by atoms with van der Waals surface area (Å²) in [5.74, 6) is 0.720. The van der Waals surface area contributed by atoms with Crippen molar-refractivity contribution in [2.75, 3.05) is 7.11 Å². The average molecular weight is 272 g/mol. The largest absolute Gasteiger partial charge is 0.508 e. The van der Waals surface area contributed by atoms with Crippen LogP contribution in [0.2, 0.25) is 0 Å². The van der Waals surface area contributed by atoms with Crippen molar-refractivity contribution < 1.29 is 14.2 Å². The standard InChI is InChI=1S/C17H17FO2/c1-12(3-4-13-5-7-14(18)8-6-13)16-11-15(20-2)9-10-17(16)19/h3-12,19H,1-2H3. The first-order valence-electron chi connectivity index (χ1n) is 6.41. The van der Waals surface area contributed by atoms with Crippen LogP contribution in [-0.2, 0) is 0 Å². The minimum atomic E-state index is -0.249. The molecule has 3 heteroatoms. The summed E-state index contributed by atoms with van der Waals surface area (Å²) in [5.41, 5.74) is 1.71. The summed E-state index contributed by atoms with van der Waals surface area (Å²) in [7, 11) is 1.59. The monoisotopic (exact) mass is 272 g/mol. The molecule has 20 heavy (non-hydrogen) atoms. The highest BCUT2D eigenvalue weighted by Crippen LogP contribution is 2.30. The van der Waals surface area contributed by atoms with E-state index >= 15 is 0 Å². The van der Waals surface area contributed by atoms with Crippen molar-refractivity contribution in [1.29, 1.82) is 0 Å². The van der Waals surface area contributed by atoms with Crippen LogP contribution >= 0.6 is 0 Å². The number of benzene rings is 2. The third-order valence-electron chi connectivity index (χ3n) is 3.17. The Labute approximate surface area is 118 Å². The van der Waals surface area contributed by atoms with E-state index in [0.29, 0.717) is 5.75 Å². The molecule has 0 radical (unpaired) electrons. The predicted molar refractivity (Wildman–Crippen MR) is 78.5 cm³/mol. The lowest BCUT2D eigenvalue weighted by molar-refractivity contribution is 0.410. The van der Waals surface area contributed by atoms with Gasteiger partial charge in [0.05, 0.1) is 7.11 Å². The van der Waals surface area contributed by atoms with Gasteiger partial charge < -0.3 is 9.84 Å². The number of ether oxygens (including phenoxy) is 1. The first kappa shape index (κ1) is 14.1. The van der Waals surface area contributed by atoms with Crippen LogP contribution in [0.15, 0.2) is 48.5 Å². The van der Waals surface area contributed by atoms with Crippen molar-refractivity contribution >= 4 is 6.08 Å². The topological polar surface area (TPSA) is 29.5 Å². The Bertz CT molecular complexity index is 603. The summed E-state index contributed by atoms with van der Waals surface area (Å²) < 4.78 is 18.0.